The normalized spacial score (nSPS) is 5.83. The second-order valence-corrected chi connectivity index (χ2v) is 1.22. The van der Waals surface area contributed by atoms with Crippen LogP contribution in [0.15, 0.2) is 0 Å². The van der Waals surface area contributed by atoms with Gasteiger partial charge in [0.05, 0.1) is 0 Å². The van der Waals surface area contributed by atoms with E-state index in [1.54, 1.807) is 0 Å². The van der Waals surface area contributed by atoms with Crippen LogP contribution in [0.5, 0.6) is 0 Å². The smallest absolute Gasteiger partial charge is 0.769 e. The third-order valence-corrected chi connectivity index (χ3v) is 0. The summed E-state index contributed by atoms with van der Waals surface area (Å²) in [6.07, 6.45) is 0. The molecular formula is H2CaCl2MgO7S. The minimum atomic E-state index is -5.17. The molecule has 7 nitrogen and oxygen atoms in total. The van der Waals surface area contributed by atoms with E-state index in [0.717, 1.165) is 0 Å². The predicted molar refractivity (Wildman–Crippen MR) is 37.3 cm³/mol. The standard InChI is InChI=1S/Ca.2ClO.Mg.H2O4S.H2O/c;2*1-2;;1-5(2,3)4;/h;;;;(H2,1,2,3,4);1H2/q+2;2*-1;+2;;/p-2. The van der Waals surface area contributed by atoms with Crippen LogP contribution in [0.2, 0.25) is 0 Å². The molecular weight excluding hydrogens is 279 g/mol. The van der Waals surface area contributed by atoms with Crippen LogP contribution in [0.25, 0.3) is 0 Å². The Morgan fingerprint density at radius 2 is 0.917 bits per heavy atom. The van der Waals surface area contributed by atoms with Crippen molar-refractivity contribution >= 4 is 94.9 Å². The topological polar surface area (TPSA) is 158 Å². The van der Waals surface area contributed by atoms with Crippen molar-refractivity contribution in [1.29, 1.82) is 0 Å². The summed E-state index contributed by atoms with van der Waals surface area (Å²) in [6, 6.07) is 0. The van der Waals surface area contributed by atoms with Gasteiger partial charge >= 0.3 is 60.8 Å². The minimum Gasteiger partial charge on any atom is -0.769 e. The monoisotopic (exact) mass is 280 g/mol. The summed E-state index contributed by atoms with van der Waals surface area (Å²) in [4.78, 5) is 0. The maximum atomic E-state index is 8.52. The zero-order valence-electron chi connectivity index (χ0n) is 5.53. The van der Waals surface area contributed by atoms with E-state index in [2.05, 4.69) is 23.7 Å². The van der Waals surface area contributed by atoms with Gasteiger partial charge in [-0.1, -0.05) is 0 Å². The molecule has 0 aromatic rings. The van der Waals surface area contributed by atoms with Crippen molar-refractivity contribution in [3.05, 3.63) is 0 Å². The van der Waals surface area contributed by atoms with Gasteiger partial charge in [-0.15, -0.1) is 0 Å². The molecule has 2 N–H and O–H groups in total. The van der Waals surface area contributed by atoms with Gasteiger partial charge in [-0.25, -0.2) is 23.7 Å². The Morgan fingerprint density at radius 1 is 0.917 bits per heavy atom. The van der Waals surface area contributed by atoms with Crippen LogP contribution in [0.1, 0.15) is 0 Å². The van der Waals surface area contributed by atoms with Gasteiger partial charge in [0, 0.05) is 10.4 Å². The molecule has 0 aliphatic rings. The maximum absolute atomic E-state index is 8.52. The third-order valence-electron chi connectivity index (χ3n) is 0. The van der Waals surface area contributed by atoms with Crippen LogP contribution < -0.4 is 9.32 Å². The predicted octanol–water partition coefficient (Wildman–Crippen LogP) is -3.92. The van der Waals surface area contributed by atoms with Gasteiger partial charge in [-0.2, -0.15) is 0 Å². The zero-order valence-corrected chi connectivity index (χ0v) is 11.5. The first-order valence-electron chi connectivity index (χ1n) is 0.975. The maximum Gasteiger partial charge on any atom is 2.00 e. The van der Waals surface area contributed by atoms with E-state index in [1.165, 1.54) is 0 Å². The second kappa shape index (κ2) is 29.2. The molecule has 12 heavy (non-hydrogen) atoms. The van der Waals surface area contributed by atoms with Gasteiger partial charge in [0.1, 0.15) is 0 Å². The Hall–Kier alpha value is 2.36. The van der Waals surface area contributed by atoms with E-state index in [9.17, 15) is 0 Å². The van der Waals surface area contributed by atoms with Crippen LogP contribution in [-0.4, -0.2) is 83.8 Å². The summed E-state index contributed by atoms with van der Waals surface area (Å²) in [5.41, 5.74) is 0. The van der Waals surface area contributed by atoms with Crippen molar-refractivity contribution in [2.24, 2.45) is 0 Å². The number of hydrogen-bond donors (Lipinski definition) is 0. The average Bonchev–Trinajstić information content (AvgIpc) is 1.72. The SMILES string of the molecule is O.O=S(=O)([O-])[O-].[Ca+2].[Mg+2].[O-]Cl.[O-]Cl. The van der Waals surface area contributed by atoms with Gasteiger partial charge in [-0.3, -0.25) is 8.42 Å². The summed E-state index contributed by atoms with van der Waals surface area (Å²) in [5.74, 6) is 0. The summed E-state index contributed by atoms with van der Waals surface area (Å²) < 4.78 is 49.5. The van der Waals surface area contributed by atoms with Gasteiger partial charge in [-0.05, 0) is 0 Å². The van der Waals surface area contributed by atoms with Gasteiger partial charge in [0.25, 0.3) is 0 Å². The number of halogens is 2. The Labute approximate surface area is 125 Å². The first-order valence-corrected chi connectivity index (χ1v) is 2.93. The fourth-order valence-electron chi connectivity index (χ4n) is 0. The van der Waals surface area contributed by atoms with E-state index < -0.39 is 10.4 Å². The fraction of sp³-hybridized carbons (Fsp3) is 0. The van der Waals surface area contributed by atoms with Gasteiger partial charge in [0.15, 0.2) is 0 Å². The van der Waals surface area contributed by atoms with E-state index in [-0.39, 0.29) is 66.3 Å². The molecule has 0 rings (SSSR count). The first-order chi connectivity index (χ1) is 4.00. The minimum absolute atomic E-state index is 0. The molecule has 0 atom stereocenters. The molecule has 0 unspecified atom stereocenters. The molecule has 0 spiro atoms. The van der Waals surface area contributed by atoms with E-state index in [0.29, 0.717) is 0 Å². The largest absolute Gasteiger partial charge is 2.00 e. The van der Waals surface area contributed by atoms with Crippen molar-refractivity contribution in [3.8, 4) is 0 Å². The molecule has 0 bridgehead atoms. The van der Waals surface area contributed by atoms with Crippen LogP contribution >= 0.6 is 23.7 Å². The van der Waals surface area contributed by atoms with Crippen LogP contribution in [0, 0.1) is 0 Å². The van der Waals surface area contributed by atoms with E-state index >= 15 is 0 Å². The Kier molecular flexibility index (Phi) is 89.3. The fourth-order valence-corrected chi connectivity index (χ4v) is 0. The molecule has 0 aliphatic carbocycles. The number of rotatable bonds is 0. The molecule has 0 heterocycles. The van der Waals surface area contributed by atoms with Crippen LogP contribution in [0.4, 0.5) is 0 Å². The van der Waals surface area contributed by atoms with Crippen molar-refractivity contribution in [2.45, 2.75) is 0 Å². The Morgan fingerprint density at radius 3 is 0.917 bits per heavy atom. The molecule has 0 amide bonds. The summed E-state index contributed by atoms with van der Waals surface area (Å²) in [5, 5.41) is 0. The molecule has 0 aliphatic heterocycles. The number of hydrogen-bond acceptors (Lipinski definition) is 6. The second-order valence-electron chi connectivity index (χ2n) is 0.408. The van der Waals surface area contributed by atoms with Crippen molar-refractivity contribution in [3.63, 3.8) is 0 Å². The van der Waals surface area contributed by atoms with Crippen molar-refractivity contribution in [1.82, 2.24) is 0 Å². The van der Waals surface area contributed by atoms with Gasteiger partial charge < -0.3 is 23.9 Å². The molecule has 0 saturated heterocycles. The van der Waals surface area contributed by atoms with Crippen molar-refractivity contribution in [2.75, 3.05) is 0 Å². The third kappa shape index (κ3) is 287. The van der Waals surface area contributed by atoms with E-state index in [1.807, 2.05) is 0 Å². The molecule has 0 aromatic heterocycles. The molecule has 0 radical (unpaired) electrons. The quantitative estimate of drug-likeness (QED) is 0.250. The molecule has 0 fully saturated rings. The molecule has 0 saturated carbocycles. The van der Waals surface area contributed by atoms with Gasteiger partial charge in [0.2, 0.25) is 0 Å². The molecule has 68 valence electrons. The summed E-state index contributed by atoms with van der Waals surface area (Å²) >= 11 is 6.78. The average molecular weight is 281 g/mol. The Bertz CT molecular complexity index is 105. The van der Waals surface area contributed by atoms with Crippen molar-refractivity contribution < 1.29 is 32.3 Å². The summed E-state index contributed by atoms with van der Waals surface area (Å²) in [6.45, 7) is 0. The molecule has 12 heteroatoms. The van der Waals surface area contributed by atoms with E-state index in [4.69, 9.17) is 26.8 Å². The van der Waals surface area contributed by atoms with Crippen LogP contribution in [0.3, 0.4) is 0 Å². The van der Waals surface area contributed by atoms with Crippen LogP contribution in [-0.2, 0) is 10.4 Å². The first kappa shape index (κ1) is 36.7. The zero-order chi connectivity index (χ0) is 8.50. The Balaban J connectivity index is -0.0000000116. The molecule has 0 aromatic carbocycles. The summed E-state index contributed by atoms with van der Waals surface area (Å²) in [7, 11) is -5.17.